The van der Waals surface area contributed by atoms with Crippen LogP contribution in [0, 0.1) is 5.82 Å². The van der Waals surface area contributed by atoms with Gasteiger partial charge in [0.1, 0.15) is 11.9 Å². The van der Waals surface area contributed by atoms with E-state index in [1.807, 2.05) is 0 Å². The predicted molar refractivity (Wildman–Crippen MR) is 49.4 cm³/mol. The Bertz CT molecular complexity index is 378. The van der Waals surface area contributed by atoms with Crippen LogP contribution in [0.4, 0.5) is 10.1 Å². The van der Waals surface area contributed by atoms with Gasteiger partial charge in [-0.15, -0.1) is 0 Å². The molecule has 0 spiro atoms. The highest BCUT2D eigenvalue weighted by molar-refractivity contribution is 5.68. The number of esters is 1. The van der Waals surface area contributed by atoms with Crippen LogP contribution in [-0.4, -0.2) is 12.5 Å². The molecule has 0 bridgehead atoms. The first kappa shape index (κ1) is 8.99. The van der Waals surface area contributed by atoms with Crippen LogP contribution in [-0.2, 0) is 9.53 Å². The number of hydrogen-bond donors (Lipinski definition) is 1. The summed E-state index contributed by atoms with van der Waals surface area (Å²) in [5.74, 6) is -0.668. The molecule has 74 valence electrons. The molecule has 1 atom stereocenters. The van der Waals surface area contributed by atoms with E-state index in [2.05, 4.69) is 5.32 Å². The van der Waals surface area contributed by atoms with Crippen LogP contribution in [0.1, 0.15) is 18.6 Å². The Balaban J connectivity index is 2.28. The van der Waals surface area contributed by atoms with E-state index in [0.29, 0.717) is 12.1 Å². The summed E-state index contributed by atoms with van der Waals surface area (Å²) in [5.41, 5.74) is 1.54. The third kappa shape index (κ3) is 1.55. The van der Waals surface area contributed by atoms with E-state index in [0.717, 1.165) is 5.69 Å². The first-order chi connectivity index (χ1) is 6.66. The summed E-state index contributed by atoms with van der Waals surface area (Å²) in [4.78, 5) is 10.8. The van der Waals surface area contributed by atoms with Crippen molar-refractivity contribution in [3.8, 4) is 0 Å². The van der Waals surface area contributed by atoms with Crippen LogP contribution in [0.15, 0.2) is 18.2 Å². The molecular weight excluding hydrogens is 185 g/mol. The predicted octanol–water partition coefficient (Wildman–Crippen LogP) is 1.86. The molecule has 0 saturated carbocycles. The molecule has 0 saturated heterocycles. The molecule has 1 heterocycles. The van der Waals surface area contributed by atoms with Crippen molar-refractivity contribution in [2.24, 2.45) is 0 Å². The van der Waals surface area contributed by atoms with Crippen LogP contribution < -0.4 is 5.32 Å². The van der Waals surface area contributed by atoms with Gasteiger partial charge < -0.3 is 10.1 Å². The van der Waals surface area contributed by atoms with Crippen molar-refractivity contribution >= 4 is 11.7 Å². The summed E-state index contributed by atoms with van der Waals surface area (Å²) in [6.45, 7) is 1.86. The lowest BCUT2D eigenvalue weighted by Gasteiger charge is -2.09. The molecule has 0 aromatic heterocycles. The van der Waals surface area contributed by atoms with Gasteiger partial charge in [0.2, 0.25) is 0 Å². The number of carbonyl (C=O) groups excluding carboxylic acids is 1. The van der Waals surface area contributed by atoms with E-state index in [1.165, 1.54) is 19.1 Å². The third-order valence-electron chi connectivity index (χ3n) is 2.15. The maximum absolute atomic E-state index is 12.9. The monoisotopic (exact) mass is 195 g/mol. The average Bonchev–Trinajstić information content (AvgIpc) is 2.47. The summed E-state index contributed by atoms with van der Waals surface area (Å²) in [7, 11) is 0. The summed E-state index contributed by atoms with van der Waals surface area (Å²) in [6, 6.07) is 4.42. The molecule has 1 aliphatic heterocycles. The van der Waals surface area contributed by atoms with Crippen molar-refractivity contribution < 1.29 is 13.9 Å². The number of halogens is 1. The van der Waals surface area contributed by atoms with Gasteiger partial charge in [0.05, 0.1) is 6.54 Å². The lowest BCUT2D eigenvalue weighted by molar-refractivity contribution is -0.145. The molecule has 2 rings (SSSR count). The van der Waals surface area contributed by atoms with Crippen LogP contribution in [0.25, 0.3) is 0 Å². The van der Waals surface area contributed by atoms with E-state index < -0.39 is 0 Å². The van der Waals surface area contributed by atoms with Crippen molar-refractivity contribution in [3.05, 3.63) is 29.6 Å². The lowest BCUT2D eigenvalue weighted by atomic mass is 10.1. The number of hydrogen-bond acceptors (Lipinski definition) is 3. The van der Waals surface area contributed by atoms with E-state index in [4.69, 9.17) is 4.74 Å². The molecule has 3 nitrogen and oxygen atoms in total. The Morgan fingerprint density at radius 3 is 3.14 bits per heavy atom. The number of fused-ring (bicyclic) bond motifs is 1. The zero-order valence-electron chi connectivity index (χ0n) is 7.71. The third-order valence-corrected chi connectivity index (χ3v) is 2.15. The zero-order chi connectivity index (χ0) is 10.1. The molecule has 4 heteroatoms. The van der Waals surface area contributed by atoms with Crippen molar-refractivity contribution in [3.63, 3.8) is 0 Å². The average molecular weight is 195 g/mol. The van der Waals surface area contributed by atoms with E-state index in [-0.39, 0.29) is 17.9 Å². The second-order valence-electron chi connectivity index (χ2n) is 3.21. The van der Waals surface area contributed by atoms with E-state index in [1.54, 1.807) is 6.07 Å². The number of nitrogens with one attached hydrogen (secondary N) is 1. The Morgan fingerprint density at radius 1 is 1.64 bits per heavy atom. The fourth-order valence-corrected chi connectivity index (χ4v) is 1.58. The lowest BCUT2D eigenvalue weighted by Crippen LogP contribution is -2.10. The minimum absolute atomic E-state index is 0.315. The maximum atomic E-state index is 12.9. The molecule has 1 aliphatic rings. The molecule has 1 aromatic rings. The van der Waals surface area contributed by atoms with Gasteiger partial charge in [-0.2, -0.15) is 0 Å². The Kier molecular flexibility index (Phi) is 2.11. The molecule has 1 unspecified atom stereocenters. The van der Waals surface area contributed by atoms with Gasteiger partial charge in [-0.25, -0.2) is 4.39 Å². The fraction of sp³-hybridized carbons (Fsp3) is 0.300. The number of rotatable bonds is 1. The van der Waals surface area contributed by atoms with Crippen molar-refractivity contribution in [1.29, 1.82) is 0 Å². The van der Waals surface area contributed by atoms with Crippen LogP contribution in [0.2, 0.25) is 0 Å². The highest BCUT2D eigenvalue weighted by Crippen LogP contribution is 2.32. The van der Waals surface area contributed by atoms with Crippen molar-refractivity contribution in [2.45, 2.75) is 13.0 Å². The van der Waals surface area contributed by atoms with E-state index >= 15 is 0 Å². The van der Waals surface area contributed by atoms with Gasteiger partial charge in [-0.3, -0.25) is 4.79 Å². The zero-order valence-corrected chi connectivity index (χ0v) is 7.71. The molecule has 0 aliphatic carbocycles. The van der Waals surface area contributed by atoms with Gasteiger partial charge in [0.15, 0.2) is 0 Å². The summed E-state index contributed by atoms with van der Waals surface area (Å²) in [6.07, 6.45) is -0.363. The second-order valence-corrected chi connectivity index (χ2v) is 3.21. The first-order valence-electron chi connectivity index (χ1n) is 4.37. The quantitative estimate of drug-likeness (QED) is 0.695. The topological polar surface area (TPSA) is 38.3 Å². The second kappa shape index (κ2) is 3.29. The normalized spacial score (nSPS) is 18.6. The fourth-order valence-electron chi connectivity index (χ4n) is 1.58. The smallest absolute Gasteiger partial charge is 0.303 e. The SMILES string of the molecule is CC(=O)OC1CNc2ccc(F)cc21. The highest BCUT2D eigenvalue weighted by atomic mass is 19.1. The number of ether oxygens (including phenoxy) is 1. The first-order valence-corrected chi connectivity index (χ1v) is 4.37. The molecule has 14 heavy (non-hydrogen) atoms. The molecule has 0 amide bonds. The van der Waals surface area contributed by atoms with Gasteiger partial charge in [0.25, 0.3) is 0 Å². The standard InChI is InChI=1S/C10H10FNO2/c1-6(13)14-10-5-12-9-3-2-7(11)4-8(9)10/h2-4,10,12H,5H2,1H3. The molecule has 1 aromatic carbocycles. The Labute approximate surface area is 80.9 Å². The van der Waals surface area contributed by atoms with Gasteiger partial charge in [0, 0.05) is 18.2 Å². The Morgan fingerprint density at radius 2 is 2.43 bits per heavy atom. The van der Waals surface area contributed by atoms with Crippen LogP contribution >= 0.6 is 0 Å². The Hall–Kier alpha value is -1.58. The number of carbonyl (C=O) groups is 1. The highest BCUT2D eigenvalue weighted by Gasteiger charge is 2.24. The van der Waals surface area contributed by atoms with Crippen molar-refractivity contribution in [2.75, 3.05) is 11.9 Å². The summed E-state index contributed by atoms with van der Waals surface area (Å²) in [5, 5.41) is 3.04. The number of anilines is 1. The molecular formula is C10H10FNO2. The molecule has 0 fully saturated rings. The van der Waals surface area contributed by atoms with Gasteiger partial charge >= 0.3 is 5.97 Å². The van der Waals surface area contributed by atoms with Gasteiger partial charge in [-0.05, 0) is 18.2 Å². The summed E-state index contributed by atoms with van der Waals surface area (Å²) >= 11 is 0. The molecule has 1 N–H and O–H groups in total. The molecule has 0 radical (unpaired) electrons. The van der Waals surface area contributed by atoms with Crippen molar-refractivity contribution in [1.82, 2.24) is 0 Å². The van der Waals surface area contributed by atoms with Gasteiger partial charge in [-0.1, -0.05) is 0 Å². The van der Waals surface area contributed by atoms with E-state index in [9.17, 15) is 9.18 Å². The maximum Gasteiger partial charge on any atom is 0.303 e. The van der Waals surface area contributed by atoms with Crippen LogP contribution in [0.5, 0.6) is 0 Å². The minimum Gasteiger partial charge on any atom is -0.456 e. The minimum atomic E-state index is -0.363. The summed E-state index contributed by atoms with van der Waals surface area (Å²) < 4.78 is 17.9. The largest absolute Gasteiger partial charge is 0.456 e. The van der Waals surface area contributed by atoms with Crippen LogP contribution in [0.3, 0.4) is 0 Å². The number of benzene rings is 1.